The molecular formula is C11H18BrN. The molecule has 0 amide bonds. The molecule has 0 unspecified atom stereocenters. The highest BCUT2D eigenvalue weighted by Crippen LogP contribution is 1.97. The van der Waals surface area contributed by atoms with Crippen molar-refractivity contribution in [1.29, 1.82) is 0 Å². The Morgan fingerprint density at radius 3 is 2.23 bits per heavy atom. The van der Waals surface area contributed by atoms with Crippen molar-refractivity contribution in [3.05, 3.63) is 30.6 Å². The normalized spacial score (nSPS) is 9.31. The summed E-state index contributed by atoms with van der Waals surface area (Å²) < 4.78 is 2.25. The fourth-order valence-electron chi connectivity index (χ4n) is 1.30. The van der Waals surface area contributed by atoms with E-state index in [9.17, 15) is 0 Å². The minimum absolute atomic E-state index is 0. The summed E-state index contributed by atoms with van der Waals surface area (Å²) >= 11 is 0. The molecule has 0 saturated heterocycles. The van der Waals surface area contributed by atoms with Crippen LogP contribution in [0.2, 0.25) is 0 Å². The Kier molecular flexibility index (Phi) is 8.00. The van der Waals surface area contributed by atoms with E-state index in [1.807, 2.05) is 0 Å². The van der Waals surface area contributed by atoms with Crippen molar-refractivity contribution in [2.45, 2.75) is 39.2 Å². The third-order valence-corrected chi connectivity index (χ3v) is 2.05. The molecule has 1 rings (SSSR count). The number of unbranched alkanes of at least 4 members (excludes halogenated alkanes) is 3. The molecule has 0 saturated carbocycles. The molecule has 0 radical (unpaired) electrons. The maximum absolute atomic E-state index is 2.25. The van der Waals surface area contributed by atoms with Gasteiger partial charge in [0.2, 0.25) is 0 Å². The first-order valence-electron chi connectivity index (χ1n) is 4.87. The molecule has 1 nitrogen and oxygen atoms in total. The Morgan fingerprint density at radius 1 is 0.923 bits per heavy atom. The first-order chi connectivity index (χ1) is 5.93. The van der Waals surface area contributed by atoms with E-state index in [4.69, 9.17) is 0 Å². The summed E-state index contributed by atoms with van der Waals surface area (Å²) in [6, 6.07) is 6.22. The quantitative estimate of drug-likeness (QED) is 0.488. The molecule has 1 aromatic rings. The van der Waals surface area contributed by atoms with E-state index in [1.54, 1.807) is 0 Å². The van der Waals surface area contributed by atoms with Crippen LogP contribution < -0.4 is 21.5 Å². The van der Waals surface area contributed by atoms with Gasteiger partial charge in [0.1, 0.15) is 6.54 Å². The van der Waals surface area contributed by atoms with Gasteiger partial charge < -0.3 is 17.0 Å². The molecule has 1 heterocycles. The molecule has 1 aromatic heterocycles. The van der Waals surface area contributed by atoms with Crippen LogP contribution in [-0.4, -0.2) is 0 Å². The molecule has 74 valence electrons. The number of nitrogens with zero attached hydrogens (tertiary/aromatic N) is 1. The van der Waals surface area contributed by atoms with Crippen LogP contribution in [0.3, 0.4) is 0 Å². The zero-order valence-corrected chi connectivity index (χ0v) is 9.83. The van der Waals surface area contributed by atoms with Crippen LogP contribution in [0.15, 0.2) is 30.6 Å². The Balaban J connectivity index is 0.00000144. The fraction of sp³-hybridized carbons (Fsp3) is 0.545. The average Bonchev–Trinajstić information content (AvgIpc) is 2.14. The largest absolute Gasteiger partial charge is 1.00 e. The molecule has 2 heteroatoms. The van der Waals surface area contributed by atoms with Crippen molar-refractivity contribution in [2.75, 3.05) is 0 Å². The molecule has 0 spiro atoms. The number of hydrogen-bond donors (Lipinski definition) is 0. The fourth-order valence-corrected chi connectivity index (χ4v) is 1.30. The first kappa shape index (κ1) is 12.6. The molecule has 0 bridgehead atoms. The van der Waals surface area contributed by atoms with Crippen molar-refractivity contribution < 1.29 is 21.5 Å². The summed E-state index contributed by atoms with van der Waals surface area (Å²) in [5.74, 6) is 0. The van der Waals surface area contributed by atoms with Crippen molar-refractivity contribution in [2.24, 2.45) is 0 Å². The average molecular weight is 244 g/mol. The van der Waals surface area contributed by atoms with Gasteiger partial charge in [-0.15, -0.1) is 0 Å². The first-order valence-corrected chi connectivity index (χ1v) is 4.87. The SMILES string of the molecule is CCCCCC[n+]1ccccc1.[Br-]. The van der Waals surface area contributed by atoms with Gasteiger partial charge in [-0.05, 0) is 6.42 Å². The van der Waals surface area contributed by atoms with Gasteiger partial charge in [0.25, 0.3) is 0 Å². The van der Waals surface area contributed by atoms with E-state index < -0.39 is 0 Å². The van der Waals surface area contributed by atoms with Crippen LogP contribution in [-0.2, 0) is 6.54 Å². The van der Waals surface area contributed by atoms with Gasteiger partial charge in [-0.25, -0.2) is 4.57 Å². The van der Waals surface area contributed by atoms with E-state index in [0.29, 0.717) is 0 Å². The van der Waals surface area contributed by atoms with Crippen molar-refractivity contribution in [3.8, 4) is 0 Å². The minimum Gasteiger partial charge on any atom is -1.00 e. The smallest absolute Gasteiger partial charge is 0.168 e. The summed E-state index contributed by atoms with van der Waals surface area (Å²) in [5.41, 5.74) is 0. The van der Waals surface area contributed by atoms with Crippen LogP contribution >= 0.6 is 0 Å². The van der Waals surface area contributed by atoms with Crippen LogP contribution in [0.1, 0.15) is 32.6 Å². The molecule has 0 aromatic carbocycles. The Labute approximate surface area is 91.6 Å². The van der Waals surface area contributed by atoms with Crippen LogP contribution in [0, 0.1) is 0 Å². The van der Waals surface area contributed by atoms with Crippen LogP contribution in [0.4, 0.5) is 0 Å². The lowest BCUT2D eigenvalue weighted by molar-refractivity contribution is -0.697. The van der Waals surface area contributed by atoms with Gasteiger partial charge in [0.15, 0.2) is 12.4 Å². The van der Waals surface area contributed by atoms with E-state index in [2.05, 4.69) is 42.1 Å². The van der Waals surface area contributed by atoms with Gasteiger partial charge in [-0.3, -0.25) is 0 Å². The number of aryl methyl sites for hydroxylation is 1. The van der Waals surface area contributed by atoms with E-state index in [0.717, 1.165) is 0 Å². The topological polar surface area (TPSA) is 3.88 Å². The Hall–Kier alpha value is -0.370. The highest BCUT2D eigenvalue weighted by molar-refractivity contribution is 4.83. The highest BCUT2D eigenvalue weighted by Gasteiger charge is 1.95. The van der Waals surface area contributed by atoms with Gasteiger partial charge in [-0.1, -0.05) is 25.8 Å². The van der Waals surface area contributed by atoms with Crippen molar-refractivity contribution in [3.63, 3.8) is 0 Å². The second kappa shape index (κ2) is 8.24. The molecule has 0 atom stereocenters. The van der Waals surface area contributed by atoms with E-state index in [-0.39, 0.29) is 17.0 Å². The zero-order chi connectivity index (χ0) is 8.65. The highest BCUT2D eigenvalue weighted by atomic mass is 79.9. The Morgan fingerprint density at radius 2 is 1.62 bits per heavy atom. The van der Waals surface area contributed by atoms with Crippen LogP contribution in [0.25, 0.3) is 0 Å². The molecule has 0 N–H and O–H groups in total. The number of pyridine rings is 1. The lowest BCUT2D eigenvalue weighted by Crippen LogP contribution is -3.00. The summed E-state index contributed by atoms with van der Waals surface area (Å²) in [6.07, 6.45) is 9.62. The van der Waals surface area contributed by atoms with Gasteiger partial charge in [0, 0.05) is 18.6 Å². The third-order valence-electron chi connectivity index (χ3n) is 2.05. The maximum Gasteiger partial charge on any atom is 0.168 e. The van der Waals surface area contributed by atoms with E-state index >= 15 is 0 Å². The molecule has 0 fully saturated rings. The number of rotatable bonds is 5. The molecule has 0 aliphatic carbocycles. The summed E-state index contributed by atoms with van der Waals surface area (Å²) in [4.78, 5) is 0. The molecule has 13 heavy (non-hydrogen) atoms. The number of hydrogen-bond acceptors (Lipinski definition) is 0. The Bertz CT molecular complexity index is 199. The molecule has 0 aliphatic heterocycles. The number of halogens is 1. The number of aromatic nitrogens is 1. The predicted molar refractivity (Wildman–Crippen MR) is 50.8 cm³/mol. The molecule has 0 aliphatic rings. The van der Waals surface area contributed by atoms with Gasteiger partial charge in [-0.2, -0.15) is 0 Å². The van der Waals surface area contributed by atoms with Crippen molar-refractivity contribution >= 4 is 0 Å². The lowest BCUT2D eigenvalue weighted by Gasteiger charge is -1.95. The van der Waals surface area contributed by atoms with Crippen molar-refractivity contribution in [1.82, 2.24) is 0 Å². The lowest BCUT2D eigenvalue weighted by atomic mass is 10.2. The molecular weight excluding hydrogens is 226 g/mol. The monoisotopic (exact) mass is 243 g/mol. The van der Waals surface area contributed by atoms with Gasteiger partial charge in [0.05, 0.1) is 0 Å². The maximum atomic E-state index is 2.25. The summed E-state index contributed by atoms with van der Waals surface area (Å²) in [6.45, 7) is 3.41. The van der Waals surface area contributed by atoms with E-state index in [1.165, 1.54) is 32.2 Å². The standard InChI is InChI=1S/C11H18N.BrH/c1-2-3-4-6-9-12-10-7-5-8-11-12;/h5,7-8,10-11H,2-4,6,9H2,1H3;1H/q+1;/p-1. The minimum atomic E-state index is 0. The van der Waals surface area contributed by atoms with Crippen LogP contribution in [0.5, 0.6) is 0 Å². The summed E-state index contributed by atoms with van der Waals surface area (Å²) in [5, 5.41) is 0. The third kappa shape index (κ3) is 5.81. The zero-order valence-electron chi connectivity index (χ0n) is 8.25. The van der Waals surface area contributed by atoms with Gasteiger partial charge >= 0.3 is 0 Å². The second-order valence-corrected chi connectivity index (χ2v) is 3.17. The predicted octanol–water partition coefficient (Wildman–Crippen LogP) is -0.442. The summed E-state index contributed by atoms with van der Waals surface area (Å²) in [7, 11) is 0. The second-order valence-electron chi connectivity index (χ2n) is 3.17.